The Kier molecular flexibility index (Phi) is 6.95. The van der Waals surface area contributed by atoms with Gasteiger partial charge >= 0.3 is 6.18 Å². The van der Waals surface area contributed by atoms with E-state index in [0.29, 0.717) is 37.4 Å². The van der Waals surface area contributed by atoms with Gasteiger partial charge in [-0.1, -0.05) is 29.8 Å². The predicted octanol–water partition coefficient (Wildman–Crippen LogP) is 4.07. The van der Waals surface area contributed by atoms with Gasteiger partial charge < -0.3 is 10.2 Å². The smallest absolute Gasteiger partial charge is 0.339 e. The second-order valence-electron chi connectivity index (χ2n) is 8.41. The third kappa shape index (κ3) is 5.26. The second-order valence-corrected chi connectivity index (χ2v) is 8.81. The zero-order valence-corrected chi connectivity index (χ0v) is 19.3. The van der Waals surface area contributed by atoms with Gasteiger partial charge in [-0.2, -0.15) is 13.2 Å². The van der Waals surface area contributed by atoms with Crippen molar-refractivity contribution in [3.8, 4) is 0 Å². The van der Waals surface area contributed by atoms with Crippen LogP contribution in [0.2, 0.25) is 5.02 Å². The number of carbonyl (C=O) groups is 2. The molecule has 1 unspecified atom stereocenters. The topological polar surface area (TPSA) is 65.5 Å². The molecule has 2 aromatic rings. The van der Waals surface area contributed by atoms with E-state index in [1.54, 1.807) is 34.2 Å². The van der Waals surface area contributed by atoms with Crippen LogP contribution in [0.1, 0.15) is 29.5 Å². The number of halogens is 4. The van der Waals surface area contributed by atoms with E-state index in [1.165, 1.54) is 6.07 Å². The summed E-state index contributed by atoms with van der Waals surface area (Å²) in [5.74, 6) is 0.165. The molecule has 1 fully saturated rings. The van der Waals surface area contributed by atoms with E-state index in [-0.39, 0.29) is 29.8 Å². The standard InChI is InChI=1S/C24H24ClF3N4O2/c1-15-2-5-21(30-14-15)32-11-8-29-20(23(32)34)13-22(33)31-9-6-16(7-10-31)17-3-4-19(25)18(12-17)24(26,27)28/h2-6,12,14,20,29H,7-11,13H2,1H3. The molecule has 1 aromatic heterocycles. The number of nitrogens with zero attached hydrogens (tertiary/aromatic N) is 3. The number of hydrogen-bond acceptors (Lipinski definition) is 4. The summed E-state index contributed by atoms with van der Waals surface area (Å²) in [6.45, 7) is 3.55. The maximum atomic E-state index is 13.2. The minimum absolute atomic E-state index is 0.00351. The Hall–Kier alpha value is -2.91. The van der Waals surface area contributed by atoms with Crippen LogP contribution in [-0.4, -0.2) is 53.9 Å². The van der Waals surface area contributed by atoms with Gasteiger partial charge in [-0.05, 0) is 48.2 Å². The van der Waals surface area contributed by atoms with Crippen molar-refractivity contribution in [2.24, 2.45) is 0 Å². The molecular weight excluding hydrogens is 469 g/mol. The van der Waals surface area contributed by atoms with Crippen molar-refractivity contribution in [3.63, 3.8) is 0 Å². The maximum Gasteiger partial charge on any atom is 0.417 e. The van der Waals surface area contributed by atoms with Crippen molar-refractivity contribution in [1.82, 2.24) is 15.2 Å². The number of benzene rings is 1. The fourth-order valence-electron chi connectivity index (χ4n) is 4.15. The van der Waals surface area contributed by atoms with Gasteiger partial charge in [-0.15, -0.1) is 0 Å². The van der Waals surface area contributed by atoms with Crippen LogP contribution >= 0.6 is 11.6 Å². The SMILES string of the molecule is Cc1ccc(N2CCNC(CC(=O)N3CC=C(c4ccc(Cl)c(C(F)(F)F)c4)CC3)C2=O)nc1. The van der Waals surface area contributed by atoms with Crippen LogP contribution in [0, 0.1) is 6.92 Å². The Morgan fingerprint density at radius 3 is 2.68 bits per heavy atom. The van der Waals surface area contributed by atoms with Crippen LogP contribution in [-0.2, 0) is 15.8 Å². The molecule has 0 radical (unpaired) electrons. The Bertz CT molecular complexity index is 1120. The Morgan fingerprint density at radius 2 is 2.03 bits per heavy atom. The molecular formula is C24H24ClF3N4O2. The molecule has 2 aliphatic rings. The molecule has 0 bridgehead atoms. The highest BCUT2D eigenvalue weighted by Crippen LogP contribution is 2.37. The van der Waals surface area contributed by atoms with E-state index >= 15 is 0 Å². The molecule has 2 amide bonds. The van der Waals surface area contributed by atoms with E-state index < -0.39 is 17.8 Å². The van der Waals surface area contributed by atoms with Crippen molar-refractivity contribution in [1.29, 1.82) is 0 Å². The lowest BCUT2D eigenvalue weighted by atomic mass is 9.97. The molecule has 3 heterocycles. The number of piperazine rings is 1. The highest BCUT2D eigenvalue weighted by Gasteiger charge is 2.35. The number of aryl methyl sites for hydroxylation is 1. The van der Waals surface area contributed by atoms with Crippen LogP contribution in [0.25, 0.3) is 5.57 Å². The van der Waals surface area contributed by atoms with Gasteiger partial charge in [-0.3, -0.25) is 14.5 Å². The fourth-order valence-corrected chi connectivity index (χ4v) is 4.37. The number of alkyl halides is 3. The van der Waals surface area contributed by atoms with Crippen LogP contribution in [0.15, 0.2) is 42.6 Å². The monoisotopic (exact) mass is 492 g/mol. The summed E-state index contributed by atoms with van der Waals surface area (Å²) in [5, 5.41) is 2.77. The fraction of sp³-hybridized carbons (Fsp3) is 0.375. The summed E-state index contributed by atoms with van der Waals surface area (Å²) in [5.41, 5.74) is 1.29. The minimum atomic E-state index is -4.54. The van der Waals surface area contributed by atoms with Gasteiger partial charge in [0.2, 0.25) is 11.8 Å². The molecule has 1 N–H and O–H groups in total. The van der Waals surface area contributed by atoms with Gasteiger partial charge in [0.1, 0.15) is 5.82 Å². The highest BCUT2D eigenvalue weighted by molar-refractivity contribution is 6.31. The van der Waals surface area contributed by atoms with E-state index in [9.17, 15) is 22.8 Å². The number of carbonyl (C=O) groups excluding carboxylic acids is 2. The molecule has 1 atom stereocenters. The van der Waals surface area contributed by atoms with E-state index in [1.807, 2.05) is 13.0 Å². The lowest BCUT2D eigenvalue weighted by molar-refractivity contribution is -0.137. The highest BCUT2D eigenvalue weighted by atomic mass is 35.5. The quantitative estimate of drug-likeness (QED) is 0.698. The van der Waals surface area contributed by atoms with Crippen LogP contribution in [0.4, 0.5) is 19.0 Å². The number of aromatic nitrogens is 1. The largest absolute Gasteiger partial charge is 0.417 e. The summed E-state index contributed by atoms with van der Waals surface area (Å²) in [4.78, 5) is 33.3. The van der Waals surface area contributed by atoms with Crippen LogP contribution in [0.5, 0.6) is 0 Å². The van der Waals surface area contributed by atoms with Crippen LogP contribution in [0.3, 0.4) is 0 Å². The molecule has 180 valence electrons. The van der Waals surface area contributed by atoms with Crippen molar-refractivity contribution >= 4 is 34.8 Å². The summed E-state index contributed by atoms with van der Waals surface area (Å²) < 4.78 is 39.5. The lowest BCUT2D eigenvalue weighted by Gasteiger charge is -2.34. The van der Waals surface area contributed by atoms with Crippen molar-refractivity contribution in [3.05, 3.63) is 64.3 Å². The van der Waals surface area contributed by atoms with Crippen molar-refractivity contribution in [2.75, 3.05) is 31.1 Å². The molecule has 0 saturated carbocycles. The maximum absolute atomic E-state index is 13.2. The predicted molar refractivity (Wildman–Crippen MR) is 123 cm³/mol. The number of amides is 2. The van der Waals surface area contributed by atoms with Gasteiger partial charge in [0.05, 0.1) is 23.0 Å². The Balaban J connectivity index is 1.40. The normalized spacial score (nSPS) is 19.3. The van der Waals surface area contributed by atoms with Crippen molar-refractivity contribution < 1.29 is 22.8 Å². The third-order valence-corrected chi connectivity index (χ3v) is 6.38. The number of nitrogens with one attached hydrogen (secondary N) is 1. The van der Waals surface area contributed by atoms with E-state index in [0.717, 1.165) is 17.2 Å². The minimum Gasteiger partial charge on any atom is -0.339 e. The number of rotatable bonds is 4. The molecule has 2 aliphatic heterocycles. The molecule has 0 spiro atoms. The molecule has 6 nitrogen and oxygen atoms in total. The van der Waals surface area contributed by atoms with Crippen molar-refractivity contribution in [2.45, 2.75) is 32.0 Å². The average molecular weight is 493 g/mol. The van der Waals surface area contributed by atoms with E-state index in [4.69, 9.17) is 11.6 Å². The van der Waals surface area contributed by atoms with E-state index in [2.05, 4.69) is 10.3 Å². The summed E-state index contributed by atoms with van der Waals surface area (Å²) in [6.07, 6.45) is -0.671. The van der Waals surface area contributed by atoms with Crippen LogP contribution < -0.4 is 10.2 Å². The molecule has 0 aliphatic carbocycles. The third-order valence-electron chi connectivity index (χ3n) is 6.05. The van der Waals surface area contributed by atoms with Gasteiger partial charge in [0.25, 0.3) is 0 Å². The molecule has 4 rings (SSSR count). The first-order chi connectivity index (χ1) is 16.1. The zero-order chi connectivity index (χ0) is 24.5. The molecule has 1 aromatic carbocycles. The first-order valence-electron chi connectivity index (χ1n) is 10.9. The summed E-state index contributed by atoms with van der Waals surface area (Å²) in [7, 11) is 0. The number of pyridine rings is 1. The Labute approximate surface area is 200 Å². The van der Waals surface area contributed by atoms with Gasteiger partial charge in [0.15, 0.2) is 0 Å². The first kappa shape index (κ1) is 24.2. The summed E-state index contributed by atoms with van der Waals surface area (Å²) in [6, 6.07) is 6.86. The second kappa shape index (κ2) is 9.76. The van der Waals surface area contributed by atoms with Gasteiger partial charge in [0, 0.05) is 32.4 Å². The average Bonchev–Trinajstić information content (AvgIpc) is 2.81. The number of anilines is 1. The number of hydrogen-bond donors (Lipinski definition) is 1. The molecule has 34 heavy (non-hydrogen) atoms. The molecule has 10 heteroatoms. The zero-order valence-electron chi connectivity index (χ0n) is 18.5. The Morgan fingerprint density at radius 1 is 1.24 bits per heavy atom. The van der Waals surface area contributed by atoms with Gasteiger partial charge in [-0.25, -0.2) is 4.98 Å². The lowest BCUT2D eigenvalue weighted by Crippen LogP contribution is -2.57. The molecule has 1 saturated heterocycles. The summed E-state index contributed by atoms with van der Waals surface area (Å²) >= 11 is 5.71. The first-order valence-corrected chi connectivity index (χ1v) is 11.3.